The van der Waals surface area contributed by atoms with Crippen LogP contribution in [0.4, 0.5) is 0 Å². The van der Waals surface area contributed by atoms with Crippen LogP contribution in [0.3, 0.4) is 0 Å². The highest BCUT2D eigenvalue weighted by Gasteiger charge is 2.24. The van der Waals surface area contributed by atoms with Gasteiger partial charge in [-0.1, -0.05) is 32.1 Å². The molecule has 0 saturated carbocycles. The summed E-state index contributed by atoms with van der Waals surface area (Å²) in [6.07, 6.45) is 11.0. The van der Waals surface area contributed by atoms with E-state index in [1.807, 2.05) is 0 Å². The molecule has 2 amide bonds. The Bertz CT molecular complexity index is 461. The second-order valence-electron chi connectivity index (χ2n) is 8.50. The largest absolute Gasteiger partial charge is 0.342 e. The molecular formula is C21H38N4O2. The molecule has 3 saturated heterocycles. The fourth-order valence-electron chi connectivity index (χ4n) is 4.51. The van der Waals surface area contributed by atoms with Crippen molar-refractivity contribution in [3.05, 3.63) is 0 Å². The number of likely N-dealkylation sites (tertiary alicyclic amines) is 2. The van der Waals surface area contributed by atoms with Gasteiger partial charge in [0.1, 0.15) is 0 Å². The predicted octanol–water partition coefficient (Wildman–Crippen LogP) is 1.80. The maximum absolute atomic E-state index is 12.6. The molecule has 0 atom stereocenters. The Morgan fingerprint density at radius 1 is 0.444 bits per heavy atom. The number of carbonyl (C=O) groups excluding carboxylic acids is 2. The van der Waals surface area contributed by atoms with Crippen LogP contribution in [0, 0.1) is 0 Å². The number of hydrogen-bond donors (Lipinski definition) is 0. The molecule has 154 valence electrons. The standard InChI is InChI=1S/C21H38N4O2/c26-20(24-10-6-2-1-3-7-11-24)18-22-14-16-23(17-15-22)19-21(27)25-12-8-4-5-9-13-25/h1-19H2. The Morgan fingerprint density at radius 2 is 0.741 bits per heavy atom. The summed E-state index contributed by atoms with van der Waals surface area (Å²) < 4.78 is 0. The van der Waals surface area contributed by atoms with E-state index in [-0.39, 0.29) is 0 Å². The molecular weight excluding hydrogens is 340 g/mol. The van der Waals surface area contributed by atoms with Gasteiger partial charge in [0.15, 0.2) is 0 Å². The van der Waals surface area contributed by atoms with Gasteiger partial charge in [-0.3, -0.25) is 19.4 Å². The molecule has 6 heteroatoms. The summed E-state index contributed by atoms with van der Waals surface area (Å²) in [7, 11) is 0. The van der Waals surface area contributed by atoms with E-state index in [9.17, 15) is 9.59 Å². The maximum Gasteiger partial charge on any atom is 0.236 e. The fourth-order valence-corrected chi connectivity index (χ4v) is 4.51. The molecule has 0 N–H and O–H groups in total. The summed E-state index contributed by atoms with van der Waals surface area (Å²) in [5.74, 6) is 0.591. The zero-order chi connectivity index (χ0) is 18.9. The number of amides is 2. The van der Waals surface area contributed by atoms with Crippen molar-refractivity contribution >= 4 is 11.8 Å². The van der Waals surface area contributed by atoms with Gasteiger partial charge in [-0.2, -0.15) is 0 Å². The van der Waals surface area contributed by atoms with Crippen LogP contribution in [0.2, 0.25) is 0 Å². The first-order valence-corrected chi connectivity index (χ1v) is 11.2. The molecule has 0 aromatic rings. The first-order chi connectivity index (χ1) is 13.2. The van der Waals surface area contributed by atoms with E-state index < -0.39 is 0 Å². The molecule has 3 aliphatic heterocycles. The zero-order valence-corrected chi connectivity index (χ0v) is 17.0. The minimum Gasteiger partial charge on any atom is -0.342 e. The normalized spacial score (nSPS) is 24.1. The van der Waals surface area contributed by atoms with Crippen molar-refractivity contribution in [1.82, 2.24) is 19.6 Å². The summed E-state index contributed by atoms with van der Waals surface area (Å²) in [5, 5.41) is 0. The van der Waals surface area contributed by atoms with Gasteiger partial charge in [0.05, 0.1) is 13.1 Å². The van der Waals surface area contributed by atoms with Crippen LogP contribution in [-0.2, 0) is 9.59 Å². The van der Waals surface area contributed by atoms with Crippen molar-refractivity contribution in [2.24, 2.45) is 0 Å². The summed E-state index contributed by atoms with van der Waals surface area (Å²) in [4.78, 5) is 33.9. The fraction of sp³-hybridized carbons (Fsp3) is 0.905. The third-order valence-electron chi connectivity index (χ3n) is 6.35. The van der Waals surface area contributed by atoms with Crippen molar-refractivity contribution in [2.45, 2.75) is 57.8 Å². The second kappa shape index (κ2) is 11.0. The monoisotopic (exact) mass is 378 g/mol. The quantitative estimate of drug-likeness (QED) is 0.748. The SMILES string of the molecule is O=C(CN1CCN(CC(=O)N2CCCCCC2)CC1)N1CCCCCCC1. The van der Waals surface area contributed by atoms with Crippen molar-refractivity contribution in [3.8, 4) is 0 Å². The van der Waals surface area contributed by atoms with Gasteiger partial charge in [-0.15, -0.1) is 0 Å². The first kappa shape index (κ1) is 20.6. The van der Waals surface area contributed by atoms with Crippen LogP contribution in [-0.4, -0.2) is 96.9 Å². The van der Waals surface area contributed by atoms with E-state index >= 15 is 0 Å². The lowest BCUT2D eigenvalue weighted by atomic mass is 10.1. The second-order valence-corrected chi connectivity index (χ2v) is 8.50. The zero-order valence-electron chi connectivity index (χ0n) is 17.0. The van der Waals surface area contributed by atoms with Gasteiger partial charge in [0, 0.05) is 52.4 Å². The van der Waals surface area contributed by atoms with Crippen molar-refractivity contribution < 1.29 is 9.59 Å². The van der Waals surface area contributed by atoms with Gasteiger partial charge >= 0.3 is 0 Å². The summed E-state index contributed by atoms with van der Waals surface area (Å²) in [5.41, 5.74) is 0. The molecule has 3 aliphatic rings. The minimum atomic E-state index is 0.294. The lowest BCUT2D eigenvalue weighted by molar-refractivity contribution is -0.135. The number of piperazine rings is 1. The van der Waals surface area contributed by atoms with Gasteiger partial charge in [0.25, 0.3) is 0 Å². The summed E-state index contributed by atoms with van der Waals surface area (Å²) in [6.45, 7) is 8.42. The Hall–Kier alpha value is -1.14. The van der Waals surface area contributed by atoms with Crippen molar-refractivity contribution in [2.75, 3.05) is 65.4 Å². The average molecular weight is 379 g/mol. The van der Waals surface area contributed by atoms with Crippen LogP contribution in [0.15, 0.2) is 0 Å². The van der Waals surface area contributed by atoms with Crippen LogP contribution in [0.1, 0.15) is 57.8 Å². The van der Waals surface area contributed by atoms with Crippen LogP contribution < -0.4 is 0 Å². The van der Waals surface area contributed by atoms with E-state index in [0.717, 1.165) is 78.0 Å². The molecule has 0 unspecified atom stereocenters. The van der Waals surface area contributed by atoms with Gasteiger partial charge in [-0.25, -0.2) is 0 Å². The molecule has 3 fully saturated rings. The first-order valence-electron chi connectivity index (χ1n) is 11.2. The molecule has 27 heavy (non-hydrogen) atoms. The van der Waals surface area contributed by atoms with E-state index in [4.69, 9.17) is 0 Å². The number of hydrogen-bond acceptors (Lipinski definition) is 4. The third kappa shape index (κ3) is 6.75. The minimum absolute atomic E-state index is 0.294. The van der Waals surface area contributed by atoms with Crippen LogP contribution in [0.5, 0.6) is 0 Å². The van der Waals surface area contributed by atoms with Gasteiger partial charge < -0.3 is 9.80 Å². The molecule has 6 nitrogen and oxygen atoms in total. The number of rotatable bonds is 4. The van der Waals surface area contributed by atoms with Crippen molar-refractivity contribution in [3.63, 3.8) is 0 Å². The molecule has 3 rings (SSSR count). The molecule has 0 bridgehead atoms. The lowest BCUT2D eigenvalue weighted by Crippen LogP contribution is -2.52. The Kier molecular flexibility index (Phi) is 8.39. The Morgan fingerprint density at radius 3 is 1.07 bits per heavy atom. The summed E-state index contributed by atoms with van der Waals surface area (Å²) in [6, 6.07) is 0. The lowest BCUT2D eigenvalue weighted by Gasteiger charge is -2.36. The van der Waals surface area contributed by atoms with Gasteiger partial charge in [0.2, 0.25) is 11.8 Å². The molecule has 0 aliphatic carbocycles. The average Bonchev–Trinajstić information content (AvgIpc) is 2.92. The maximum atomic E-state index is 12.6. The smallest absolute Gasteiger partial charge is 0.236 e. The molecule has 0 aromatic heterocycles. The molecule has 3 heterocycles. The highest BCUT2D eigenvalue weighted by atomic mass is 16.2. The third-order valence-corrected chi connectivity index (χ3v) is 6.35. The number of carbonyl (C=O) groups is 2. The highest BCUT2D eigenvalue weighted by Crippen LogP contribution is 2.13. The molecule has 0 radical (unpaired) electrons. The van der Waals surface area contributed by atoms with E-state index in [2.05, 4.69) is 19.6 Å². The summed E-state index contributed by atoms with van der Waals surface area (Å²) >= 11 is 0. The molecule has 0 aromatic carbocycles. The van der Waals surface area contributed by atoms with E-state index in [1.165, 1.54) is 32.1 Å². The Balaban J connectivity index is 1.36. The topological polar surface area (TPSA) is 47.1 Å². The van der Waals surface area contributed by atoms with Crippen LogP contribution >= 0.6 is 0 Å². The predicted molar refractivity (Wildman–Crippen MR) is 108 cm³/mol. The van der Waals surface area contributed by atoms with E-state index in [0.29, 0.717) is 24.9 Å². The van der Waals surface area contributed by atoms with Crippen molar-refractivity contribution in [1.29, 1.82) is 0 Å². The Labute approximate surface area is 164 Å². The number of nitrogens with zero attached hydrogens (tertiary/aromatic N) is 4. The van der Waals surface area contributed by atoms with Crippen LogP contribution in [0.25, 0.3) is 0 Å². The highest BCUT2D eigenvalue weighted by molar-refractivity contribution is 5.79. The van der Waals surface area contributed by atoms with E-state index in [1.54, 1.807) is 0 Å². The molecule has 0 spiro atoms. The van der Waals surface area contributed by atoms with Gasteiger partial charge in [-0.05, 0) is 25.7 Å².